The minimum absolute atomic E-state index is 0.165. The Hall–Kier alpha value is -3.23. The molecule has 3 aromatic rings. The third kappa shape index (κ3) is 4.66. The maximum atomic E-state index is 13.0. The van der Waals surface area contributed by atoms with Gasteiger partial charge in [0.1, 0.15) is 23.5 Å². The van der Waals surface area contributed by atoms with Gasteiger partial charge in [0, 0.05) is 44.1 Å². The van der Waals surface area contributed by atoms with Gasteiger partial charge in [0.2, 0.25) is 0 Å². The van der Waals surface area contributed by atoms with Gasteiger partial charge < -0.3 is 25.4 Å². The molecule has 3 heterocycles. The quantitative estimate of drug-likeness (QED) is 0.585. The summed E-state index contributed by atoms with van der Waals surface area (Å²) in [5.74, 6) is 0.439. The number of hydrogen-bond donors (Lipinski definition) is 2. The highest BCUT2D eigenvalue weighted by atomic mass is 16.5. The summed E-state index contributed by atoms with van der Waals surface area (Å²) in [6.45, 7) is 4.07. The second-order valence-electron chi connectivity index (χ2n) is 8.37. The number of amides is 1. The van der Waals surface area contributed by atoms with Crippen molar-refractivity contribution in [3.05, 3.63) is 59.9 Å². The van der Waals surface area contributed by atoms with E-state index in [2.05, 4.69) is 14.9 Å². The molecule has 0 saturated carbocycles. The van der Waals surface area contributed by atoms with E-state index in [4.69, 9.17) is 10.5 Å². The van der Waals surface area contributed by atoms with Crippen molar-refractivity contribution >= 4 is 22.6 Å². The largest absolute Gasteiger partial charge is 0.492 e. The first-order chi connectivity index (χ1) is 15.4. The second-order valence-corrected chi connectivity index (χ2v) is 8.37. The van der Waals surface area contributed by atoms with Gasteiger partial charge in [0.25, 0.3) is 5.91 Å². The van der Waals surface area contributed by atoms with Gasteiger partial charge in [-0.15, -0.1) is 0 Å². The number of carbonyl (C=O) groups is 1. The molecular formula is C24H29N5O3. The average Bonchev–Trinajstić information content (AvgIpc) is 3.18. The standard InChI is InChI=1S/C24H29N5O3/c1-17-6-7-20-22(27-17)21(8-11-26-20)29-12-9-24(31,16-29)15-28(2)23(30)18-4-3-5-19(14-18)32-13-10-25/h3-8,11,14,31H,9-10,12-13,15-16,25H2,1-2H3/t24-/m1/s1. The van der Waals surface area contributed by atoms with E-state index in [0.29, 0.717) is 44.0 Å². The maximum Gasteiger partial charge on any atom is 0.253 e. The van der Waals surface area contributed by atoms with Gasteiger partial charge in [-0.2, -0.15) is 0 Å². The smallest absolute Gasteiger partial charge is 0.253 e. The van der Waals surface area contributed by atoms with Crippen LogP contribution in [0.25, 0.3) is 11.0 Å². The van der Waals surface area contributed by atoms with Crippen LogP contribution in [0.15, 0.2) is 48.7 Å². The highest BCUT2D eigenvalue weighted by Gasteiger charge is 2.38. The second kappa shape index (κ2) is 9.10. The van der Waals surface area contributed by atoms with Gasteiger partial charge in [-0.1, -0.05) is 6.07 Å². The summed E-state index contributed by atoms with van der Waals surface area (Å²) in [5, 5.41) is 11.3. The zero-order chi connectivity index (χ0) is 22.7. The molecule has 2 aromatic heterocycles. The van der Waals surface area contributed by atoms with Gasteiger partial charge in [-0.25, -0.2) is 4.98 Å². The number of fused-ring (bicyclic) bond motifs is 1. The van der Waals surface area contributed by atoms with Gasteiger partial charge in [-0.05, 0) is 49.7 Å². The molecule has 0 unspecified atom stereocenters. The summed E-state index contributed by atoms with van der Waals surface area (Å²) >= 11 is 0. The normalized spacial score (nSPS) is 18.2. The number of benzene rings is 1. The third-order valence-electron chi connectivity index (χ3n) is 5.72. The maximum absolute atomic E-state index is 13.0. The van der Waals surface area contributed by atoms with Crippen LogP contribution in [0.4, 0.5) is 5.69 Å². The summed E-state index contributed by atoms with van der Waals surface area (Å²) in [6, 6.07) is 12.9. The summed E-state index contributed by atoms with van der Waals surface area (Å²) in [6.07, 6.45) is 2.32. The molecule has 1 atom stereocenters. The molecule has 168 valence electrons. The van der Waals surface area contributed by atoms with E-state index < -0.39 is 5.60 Å². The van der Waals surface area contributed by atoms with Gasteiger partial charge >= 0.3 is 0 Å². The number of rotatable bonds is 7. The molecule has 0 aliphatic carbocycles. The van der Waals surface area contributed by atoms with E-state index in [1.807, 2.05) is 25.1 Å². The van der Waals surface area contributed by atoms with E-state index in [0.717, 1.165) is 22.4 Å². The van der Waals surface area contributed by atoms with Crippen LogP contribution in [0.5, 0.6) is 5.75 Å². The molecule has 1 aromatic carbocycles. The van der Waals surface area contributed by atoms with E-state index in [1.54, 1.807) is 42.4 Å². The van der Waals surface area contributed by atoms with Crippen molar-refractivity contribution in [1.82, 2.24) is 14.9 Å². The molecule has 0 spiro atoms. The zero-order valence-corrected chi connectivity index (χ0v) is 18.5. The SMILES string of the molecule is Cc1ccc2nccc(N3CC[C@@](O)(CN(C)C(=O)c4cccc(OCCN)c4)C3)c2n1. The molecule has 8 heteroatoms. The lowest BCUT2D eigenvalue weighted by Gasteiger charge is -2.29. The lowest BCUT2D eigenvalue weighted by Crippen LogP contribution is -2.45. The molecule has 1 aliphatic rings. The van der Waals surface area contributed by atoms with Crippen LogP contribution in [0.3, 0.4) is 0 Å². The van der Waals surface area contributed by atoms with Crippen LogP contribution >= 0.6 is 0 Å². The average molecular weight is 436 g/mol. The van der Waals surface area contributed by atoms with Crippen LogP contribution in [0, 0.1) is 6.92 Å². The Morgan fingerprint density at radius 1 is 1.31 bits per heavy atom. The zero-order valence-electron chi connectivity index (χ0n) is 18.5. The number of likely N-dealkylation sites (N-methyl/N-ethyl adjacent to an activating group) is 1. The predicted octanol–water partition coefficient (Wildman–Crippen LogP) is 1.99. The molecule has 8 nitrogen and oxygen atoms in total. The first-order valence-electron chi connectivity index (χ1n) is 10.8. The van der Waals surface area contributed by atoms with Crippen LogP contribution in [0.1, 0.15) is 22.5 Å². The number of ether oxygens (including phenoxy) is 1. The Balaban J connectivity index is 1.46. The number of pyridine rings is 2. The number of anilines is 1. The van der Waals surface area contributed by atoms with Crippen LogP contribution in [0.2, 0.25) is 0 Å². The third-order valence-corrected chi connectivity index (χ3v) is 5.72. The molecular weight excluding hydrogens is 406 g/mol. The first kappa shape index (κ1) is 22.0. The number of nitrogens with zero attached hydrogens (tertiary/aromatic N) is 4. The van der Waals surface area contributed by atoms with Crippen molar-refractivity contribution in [3.63, 3.8) is 0 Å². The molecule has 1 amide bonds. The number of aliphatic hydroxyl groups is 1. The fourth-order valence-corrected chi connectivity index (χ4v) is 4.18. The number of β-amino-alcohol motifs (C(OH)–C–C–N with tert-alkyl or cyclic N) is 1. The monoisotopic (exact) mass is 435 g/mol. The van der Waals surface area contributed by atoms with E-state index >= 15 is 0 Å². The highest BCUT2D eigenvalue weighted by Crippen LogP contribution is 2.31. The van der Waals surface area contributed by atoms with Crippen LogP contribution < -0.4 is 15.4 Å². The van der Waals surface area contributed by atoms with E-state index in [1.165, 1.54) is 0 Å². The molecule has 3 N–H and O–H groups in total. The summed E-state index contributed by atoms with van der Waals surface area (Å²) < 4.78 is 5.52. The first-order valence-corrected chi connectivity index (χ1v) is 10.8. The molecule has 4 rings (SSSR count). The summed E-state index contributed by atoms with van der Waals surface area (Å²) in [5.41, 5.74) is 8.51. The minimum Gasteiger partial charge on any atom is -0.492 e. The highest BCUT2D eigenvalue weighted by molar-refractivity contribution is 5.94. The van der Waals surface area contributed by atoms with Gasteiger partial charge in [0.15, 0.2) is 0 Å². The number of aryl methyl sites for hydroxylation is 1. The van der Waals surface area contributed by atoms with Gasteiger partial charge in [-0.3, -0.25) is 9.78 Å². The Labute approximate surface area is 187 Å². The van der Waals surface area contributed by atoms with Crippen molar-refractivity contribution < 1.29 is 14.6 Å². The van der Waals surface area contributed by atoms with Crippen molar-refractivity contribution in [1.29, 1.82) is 0 Å². The fraction of sp³-hybridized carbons (Fsp3) is 0.375. The molecule has 1 aliphatic heterocycles. The van der Waals surface area contributed by atoms with Crippen molar-refractivity contribution in [2.24, 2.45) is 5.73 Å². The molecule has 0 radical (unpaired) electrons. The Morgan fingerprint density at radius 2 is 2.16 bits per heavy atom. The lowest BCUT2D eigenvalue weighted by atomic mass is 10.0. The van der Waals surface area contributed by atoms with E-state index in [-0.39, 0.29) is 12.5 Å². The topological polar surface area (TPSA) is 105 Å². The number of hydrogen-bond acceptors (Lipinski definition) is 7. The fourth-order valence-electron chi connectivity index (χ4n) is 4.18. The van der Waals surface area contributed by atoms with Gasteiger partial charge in [0.05, 0.1) is 17.7 Å². The number of carbonyl (C=O) groups excluding carboxylic acids is 1. The lowest BCUT2D eigenvalue weighted by molar-refractivity contribution is 0.0264. The molecule has 1 fully saturated rings. The van der Waals surface area contributed by atoms with Crippen molar-refractivity contribution in [2.75, 3.05) is 44.7 Å². The van der Waals surface area contributed by atoms with E-state index in [9.17, 15) is 9.90 Å². The number of aromatic nitrogens is 2. The summed E-state index contributed by atoms with van der Waals surface area (Å²) in [7, 11) is 1.71. The number of nitrogens with two attached hydrogens (primary N) is 1. The van der Waals surface area contributed by atoms with Crippen molar-refractivity contribution in [2.45, 2.75) is 18.9 Å². The Bertz CT molecular complexity index is 1120. The predicted molar refractivity (Wildman–Crippen MR) is 124 cm³/mol. The van der Waals surface area contributed by atoms with Crippen molar-refractivity contribution in [3.8, 4) is 5.75 Å². The Kier molecular flexibility index (Phi) is 6.25. The molecule has 0 bridgehead atoms. The minimum atomic E-state index is -1.02. The summed E-state index contributed by atoms with van der Waals surface area (Å²) in [4.78, 5) is 25.7. The van der Waals surface area contributed by atoms with Crippen LogP contribution in [-0.2, 0) is 0 Å². The molecule has 32 heavy (non-hydrogen) atoms. The molecule has 1 saturated heterocycles. The Morgan fingerprint density at radius 3 is 2.97 bits per heavy atom. The van der Waals surface area contributed by atoms with Crippen LogP contribution in [-0.4, -0.2) is 71.3 Å².